The van der Waals surface area contributed by atoms with E-state index in [2.05, 4.69) is 4.98 Å². The molecule has 0 aliphatic rings. The van der Waals surface area contributed by atoms with Gasteiger partial charge in [0.05, 0.1) is 0 Å². The Morgan fingerprint density at radius 1 is 1.29 bits per heavy atom. The minimum Gasteiger partial charge on any atom is -0.457 e. The number of rotatable bonds is 6. The molecule has 6 nitrogen and oxygen atoms in total. The van der Waals surface area contributed by atoms with Crippen molar-refractivity contribution in [1.29, 1.82) is 0 Å². The van der Waals surface area contributed by atoms with Crippen LogP contribution in [0, 0.1) is 6.92 Å². The fourth-order valence-electron chi connectivity index (χ4n) is 2.17. The van der Waals surface area contributed by atoms with Crippen LogP contribution in [-0.4, -0.2) is 37.3 Å². The van der Waals surface area contributed by atoms with E-state index in [0.717, 1.165) is 15.4 Å². The van der Waals surface area contributed by atoms with E-state index in [-0.39, 0.29) is 11.4 Å². The zero-order valence-corrected chi connectivity index (χ0v) is 14.7. The molecule has 0 saturated carbocycles. The molecular formula is C17H20N2O4S. The van der Waals surface area contributed by atoms with Crippen LogP contribution in [0.3, 0.4) is 0 Å². The lowest BCUT2D eigenvalue weighted by Gasteiger charge is -2.19. The van der Waals surface area contributed by atoms with Crippen molar-refractivity contribution in [2.75, 3.05) is 13.6 Å². The minimum absolute atomic E-state index is 0.0343. The van der Waals surface area contributed by atoms with Crippen LogP contribution in [0.15, 0.2) is 53.7 Å². The van der Waals surface area contributed by atoms with Crippen molar-refractivity contribution < 1.29 is 17.9 Å². The Morgan fingerprint density at radius 3 is 2.67 bits per heavy atom. The number of hydrogen-bond acceptors (Lipinski definition) is 5. The number of aromatic nitrogens is 1. The van der Waals surface area contributed by atoms with Gasteiger partial charge in [-0.05, 0) is 31.5 Å². The average Bonchev–Trinajstić information content (AvgIpc) is 2.55. The van der Waals surface area contributed by atoms with Gasteiger partial charge in [0.15, 0.2) is 0 Å². The van der Waals surface area contributed by atoms with Crippen LogP contribution in [0.4, 0.5) is 0 Å². The Balaban J connectivity index is 2.01. The van der Waals surface area contributed by atoms with Gasteiger partial charge in [0.1, 0.15) is 17.5 Å². The standard InChI is InChI=1S/C17H20N2O4S/c1-13-6-4-7-15(10-13)14(2)23-17(20)12-19(3)24(21,22)16-8-5-9-18-11-16/h4-11,14H,12H2,1-3H3. The number of likely N-dealkylation sites (N-methyl/N-ethyl adjacent to an activating group) is 1. The lowest BCUT2D eigenvalue weighted by atomic mass is 10.1. The summed E-state index contributed by atoms with van der Waals surface area (Å²) >= 11 is 0. The lowest BCUT2D eigenvalue weighted by molar-refractivity contribution is -0.148. The molecule has 1 aromatic heterocycles. The molecule has 0 aliphatic carbocycles. The van der Waals surface area contributed by atoms with Gasteiger partial charge in [-0.15, -0.1) is 0 Å². The second kappa shape index (κ2) is 7.55. The first-order valence-corrected chi connectivity index (χ1v) is 8.87. The Bertz CT molecular complexity index is 806. The Labute approximate surface area is 142 Å². The molecule has 1 heterocycles. The monoisotopic (exact) mass is 348 g/mol. The summed E-state index contributed by atoms with van der Waals surface area (Å²) in [5.41, 5.74) is 1.92. The highest BCUT2D eigenvalue weighted by molar-refractivity contribution is 7.89. The molecular weight excluding hydrogens is 328 g/mol. The number of hydrogen-bond donors (Lipinski definition) is 0. The van der Waals surface area contributed by atoms with Gasteiger partial charge in [0.25, 0.3) is 0 Å². The molecule has 1 unspecified atom stereocenters. The molecule has 128 valence electrons. The molecule has 2 aromatic rings. The van der Waals surface area contributed by atoms with E-state index in [4.69, 9.17) is 4.74 Å². The van der Waals surface area contributed by atoms with Gasteiger partial charge in [-0.2, -0.15) is 4.31 Å². The van der Waals surface area contributed by atoms with Crippen LogP contribution >= 0.6 is 0 Å². The van der Waals surface area contributed by atoms with Crippen LogP contribution in [0.25, 0.3) is 0 Å². The number of esters is 1. The van der Waals surface area contributed by atoms with Gasteiger partial charge >= 0.3 is 5.97 Å². The second-order valence-corrected chi connectivity index (χ2v) is 7.54. The summed E-state index contributed by atoms with van der Waals surface area (Å²) in [7, 11) is -2.44. The molecule has 0 fully saturated rings. The molecule has 1 atom stereocenters. The van der Waals surface area contributed by atoms with Crippen LogP contribution < -0.4 is 0 Å². The van der Waals surface area contributed by atoms with Crippen molar-refractivity contribution in [3.63, 3.8) is 0 Å². The van der Waals surface area contributed by atoms with E-state index in [9.17, 15) is 13.2 Å². The molecule has 0 aliphatic heterocycles. The lowest BCUT2D eigenvalue weighted by Crippen LogP contribution is -2.33. The zero-order valence-electron chi connectivity index (χ0n) is 13.8. The number of aryl methyl sites for hydroxylation is 1. The number of sulfonamides is 1. The summed E-state index contributed by atoms with van der Waals surface area (Å²) in [6, 6.07) is 10.6. The number of nitrogens with zero attached hydrogens (tertiary/aromatic N) is 2. The third-order valence-electron chi connectivity index (χ3n) is 3.51. The van der Waals surface area contributed by atoms with Gasteiger partial charge in [0.2, 0.25) is 10.0 Å². The van der Waals surface area contributed by atoms with Crippen molar-refractivity contribution in [2.45, 2.75) is 24.8 Å². The normalized spacial score (nSPS) is 12.8. The topological polar surface area (TPSA) is 76.6 Å². The van der Waals surface area contributed by atoms with Gasteiger partial charge < -0.3 is 4.74 Å². The third-order valence-corrected chi connectivity index (χ3v) is 5.30. The number of benzene rings is 1. The van der Waals surface area contributed by atoms with Crippen LogP contribution in [0.5, 0.6) is 0 Å². The summed E-state index contributed by atoms with van der Waals surface area (Å²) in [6.45, 7) is 3.34. The van der Waals surface area contributed by atoms with Gasteiger partial charge in [-0.25, -0.2) is 8.42 Å². The molecule has 1 aromatic carbocycles. The SMILES string of the molecule is Cc1cccc(C(C)OC(=O)CN(C)S(=O)(=O)c2cccnc2)c1. The molecule has 7 heteroatoms. The number of ether oxygens (including phenoxy) is 1. The molecule has 0 radical (unpaired) electrons. The van der Waals surface area contributed by atoms with Gasteiger partial charge in [0, 0.05) is 19.4 Å². The average molecular weight is 348 g/mol. The Morgan fingerprint density at radius 2 is 2.04 bits per heavy atom. The van der Waals surface area contributed by atoms with Crippen molar-refractivity contribution in [3.05, 3.63) is 59.9 Å². The third kappa shape index (κ3) is 4.39. The van der Waals surface area contributed by atoms with Gasteiger partial charge in [-0.1, -0.05) is 29.8 Å². The maximum atomic E-state index is 12.3. The molecule has 0 bridgehead atoms. The van der Waals surface area contributed by atoms with Crippen molar-refractivity contribution in [2.24, 2.45) is 0 Å². The highest BCUT2D eigenvalue weighted by Crippen LogP contribution is 2.19. The maximum Gasteiger partial charge on any atom is 0.321 e. The van der Waals surface area contributed by atoms with E-state index in [0.29, 0.717) is 0 Å². The van der Waals surface area contributed by atoms with Gasteiger partial charge in [-0.3, -0.25) is 9.78 Å². The fraction of sp³-hybridized carbons (Fsp3) is 0.294. The summed E-state index contributed by atoms with van der Waals surface area (Å²) in [5.74, 6) is -0.612. The number of carbonyl (C=O) groups is 1. The highest BCUT2D eigenvalue weighted by atomic mass is 32.2. The molecule has 0 spiro atoms. The molecule has 0 N–H and O–H groups in total. The molecule has 0 saturated heterocycles. The van der Waals surface area contributed by atoms with E-state index in [1.54, 1.807) is 6.92 Å². The van der Waals surface area contributed by atoms with E-state index >= 15 is 0 Å². The highest BCUT2D eigenvalue weighted by Gasteiger charge is 2.24. The predicted octanol–water partition coefficient (Wildman–Crippen LogP) is 2.31. The summed E-state index contributed by atoms with van der Waals surface area (Å²) in [5, 5.41) is 0. The molecule has 0 amide bonds. The Hall–Kier alpha value is -2.25. The summed E-state index contributed by atoms with van der Waals surface area (Å²) in [6.07, 6.45) is 2.27. The van der Waals surface area contributed by atoms with Crippen molar-refractivity contribution >= 4 is 16.0 Å². The molecule has 24 heavy (non-hydrogen) atoms. The number of pyridine rings is 1. The first-order valence-electron chi connectivity index (χ1n) is 7.43. The Kier molecular flexibility index (Phi) is 5.69. The van der Waals surface area contributed by atoms with Crippen LogP contribution in [-0.2, 0) is 19.6 Å². The van der Waals surface area contributed by atoms with E-state index < -0.39 is 22.1 Å². The predicted molar refractivity (Wildman–Crippen MR) is 89.7 cm³/mol. The summed E-state index contributed by atoms with van der Waals surface area (Å²) in [4.78, 5) is 15.9. The summed E-state index contributed by atoms with van der Waals surface area (Å²) < 4.78 is 31.0. The minimum atomic E-state index is -3.77. The second-order valence-electron chi connectivity index (χ2n) is 5.50. The fourth-order valence-corrected chi connectivity index (χ4v) is 3.25. The van der Waals surface area contributed by atoms with Crippen molar-refractivity contribution in [3.8, 4) is 0 Å². The quantitative estimate of drug-likeness (QED) is 0.749. The largest absolute Gasteiger partial charge is 0.457 e. The van der Waals surface area contributed by atoms with Crippen molar-refractivity contribution in [1.82, 2.24) is 9.29 Å². The maximum absolute atomic E-state index is 12.3. The van der Waals surface area contributed by atoms with Crippen LogP contribution in [0.2, 0.25) is 0 Å². The number of carbonyl (C=O) groups excluding carboxylic acids is 1. The zero-order chi connectivity index (χ0) is 17.7. The van der Waals surface area contributed by atoms with E-state index in [1.165, 1.54) is 31.6 Å². The molecule has 2 rings (SSSR count). The first kappa shape index (κ1) is 18.1. The first-order chi connectivity index (χ1) is 11.3. The smallest absolute Gasteiger partial charge is 0.321 e. The van der Waals surface area contributed by atoms with Crippen LogP contribution in [0.1, 0.15) is 24.2 Å². The van der Waals surface area contributed by atoms with E-state index in [1.807, 2.05) is 31.2 Å².